The molecule has 1 aliphatic heterocycles. The van der Waals surface area contributed by atoms with Gasteiger partial charge in [0.25, 0.3) is 0 Å². The first-order valence-corrected chi connectivity index (χ1v) is 8.44. The van der Waals surface area contributed by atoms with Gasteiger partial charge in [0.05, 0.1) is 0 Å². The smallest absolute Gasteiger partial charge is 0.0410 e. The lowest BCUT2D eigenvalue weighted by atomic mass is 9.90. The highest BCUT2D eigenvalue weighted by Gasteiger charge is 2.19. The zero-order valence-corrected chi connectivity index (χ0v) is 13.8. The van der Waals surface area contributed by atoms with Crippen molar-refractivity contribution in [2.24, 2.45) is 5.92 Å². The third kappa shape index (κ3) is 4.39. The summed E-state index contributed by atoms with van der Waals surface area (Å²) >= 11 is 3.49. The summed E-state index contributed by atoms with van der Waals surface area (Å²) in [6.07, 6.45) is 7.65. The zero-order valence-electron chi connectivity index (χ0n) is 12.2. The van der Waals surface area contributed by atoms with Crippen LogP contribution in [-0.4, -0.2) is 23.0 Å². The Morgan fingerprint density at radius 3 is 2.52 bits per heavy atom. The zero-order chi connectivity index (χ0) is 14.5. The van der Waals surface area contributed by atoms with Gasteiger partial charge in [0.2, 0.25) is 0 Å². The van der Waals surface area contributed by atoms with Crippen molar-refractivity contribution in [3.8, 4) is 0 Å². The van der Waals surface area contributed by atoms with Crippen LogP contribution in [0.3, 0.4) is 0 Å². The number of pyridine rings is 1. The molecule has 1 saturated heterocycles. The average Bonchev–Trinajstić information content (AvgIpc) is 2.50. The molecule has 0 bridgehead atoms. The van der Waals surface area contributed by atoms with Gasteiger partial charge < -0.3 is 0 Å². The van der Waals surface area contributed by atoms with Crippen molar-refractivity contribution >= 4 is 15.9 Å². The highest BCUT2D eigenvalue weighted by atomic mass is 79.9. The summed E-state index contributed by atoms with van der Waals surface area (Å²) in [7, 11) is 0. The molecule has 0 saturated carbocycles. The third-order valence-electron chi connectivity index (χ3n) is 4.24. The van der Waals surface area contributed by atoms with E-state index in [4.69, 9.17) is 0 Å². The topological polar surface area (TPSA) is 16.1 Å². The molecular formula is C18H21BrN2. The van der Waals surface area contributed by atoms with Crippen LogP contribution < -0.4 is 0 Å². The van der Waals surface area contributed by atoms with E-state index >= 15 is 0 Å². The average molecular weight is 345 g/mol. The third-order valence-corrected chi connectivity index (χ3v) is 4.68. The van der Waals surface area contributed by atoms with Gasteiger partial charge in [-0.2, -0.15) is 0 Å². The summed E-state index contributed by atoms with van der Waals surface area (Å²) in [6.45, 7) is 3.42. The molecular weight excluding hydrogens is 324 g/mol. The number of benzene rings is 1. The van der Waals surface area contributed by atoms with Crippen LogP contribution in [0.1, 0.15) is 24.0 Å². The predicted molar refractivity (Wildman–Crippen MR) is 90.1 cm³/mol. The Morgan fingerprint density at radius 2 is 1.81 bits per heavy atom. The van der Waals surface area contributed by atoms with Crippen molar-refractivity contribution in [3.05, 3.63) is 64.4 Å². The van der Waals surface area contributed by atoms with Gasteiger partial charge in [0, 0.05) is 23.4 Å². The van der Waals surface area contributed by atoms with Crippen molar-refractivity contribution in [3.63, 3.8) is 0 Å². The van der Waals surface area contributed by atoms with Gasteiger partial charge in [-0.15, -0.1) is 0 Å². The fourth-order valence-corrected chi connectivity index (χ4v) is 3.51. The van der Waals surface area contributed by atoms with Crippen LogP contribution in [0.25, 0.3) is 0 Å². The molecule has 1 aromatic carbocycles. The van der Waals surface area contributed by atoms with Crippen molar-refractivity contribution in [2.75, 3.05) is 13.1 Å². The van der Waals surface area contributed by atoms with Gasteiger partial charge in [0.15, 0.2) is 0 Å². The quantitative estimate of drug-likeness (QED) is 0.821. The molecule has 21 heavy (non-hydrogen) atoms. The summed E-state index contributed by atoms with van der Waals surface area (Å²) in [5.74, 6) is 0.837. The van der Waals surface area contributed by atoms with Gasteiger partial charge in [-0.25, -0.2) is 0 Å². The molecule has 0 amide bonds. The number of piperidine rings is 1. The number of hydrogen-bond donors (Lipinski definition) is 0. The number of likely N-dealkylation sites (tertiary alicyclic amines) is 1. The number of hydrogen-bond acceptors (Lipinski definition) is 2. The standard InChI is InChI=1S/C18H21BrN2/c19-18-11-17(12-20-13-18)14-21-8-6-16(7-9-21)10-15-4-2-1-3-5-15/h1-5,11-13,16H,6-10,14H2. The molecule has 110 valence electrons. The van der Waals surface area contributed by atoms with Gasteiger partial charge in [0.1, 0.15) is 0 Å². The molecule has 2 aromatic rings. The molecule has 0 aliphatic carbocycles. The van der Waals surface area contributed by atoms with Crippen LogP contribution in [0, 0.1) is 5.92 Å². The molecule has 2 heterocycles. The Bertz CT molecular complexity index is 562. The lowest BCUT2D eigenvalue weighted by Crippen LogP contribution is -2.33. The van der Waals surface area contributed by atoms with E-state index in [1.54, 1.807) is 0 Å². The maximum absolute atomic E-state index is 4.25. The van der Waals surface area contributed by atoms with E-state index in [2.05, 4.69) is 62.2 Å². The first-order chi connectivity index (χ1) is 10.3. The van der Waals surface area contributed by atoms with E-state index in [1.807, 2.05) is 12.4 Å². The Labute approximate surface area is 135 Å². The lowest BCUT2D eigenvalue weighted by molar-refractivity contribution is 0.177. The maximum atomic E-state index is 4.25. The Hall–Kier alpha value is -1.19. The SMILES string of the molecule is Brc1cncc(CN2CCC(Cc3ccccc3)CC2)c1. The summed E-state index contributed by atoms with van der Waals surface area (Å²) in [6, 6.07) is 13.1. The summed E-state index contributed by atoms with van der Waals surface area (Å²) in [4.78, 5) is 6.79. The molecule has 0 spiro atoms. The van der Waals surface area contributed by atoms with Crippen LogP contribution >= 0.6 is 15.9 Å². The van der Waals surface area contributed by atoms with Crippen LogP contribution in [0.2, 0.25) is 0 Å². The largest absolute Gasteiger partial charge is 0.299 e. The minimum atomic E-state index is 0.837. The maximum Gasteiger partial charge on any atom is 0.0410 e. The van der Waals surface area contributed by atoms with Gasteiger partial charge >= 0.3 is 0 Å². The normalized spacial score (nSPS) is 17.0. The second-order valence-electron chi connectivity index (χ2n) is 5.92. The number of aromatic nitrogens is 1. The van der Waals surface area contributed by atoms with Crippen molar-refractivity contribution in [2.45, 2.75) is 25.8 Å². The minimum absolute atomic E-state index is 0.837. The monoisotopic (exact) mass is 344 g/mol. The second kappa shape index (κ2) is 7.19. The fraction of sp³-hybridized carbons (Fsp3) is 0.389. The lowest BCUT2D eigenvalue weighted by Gasteiger charge is -2.32. The minimum Gasteiger partial charge on any atom is -0.299 e. The molecule has 0 unspecified atom stereocenters. The molecule has 3 heteroatoms. The van der Waals surface area contributed by atoms with Gasteiger partial charge in [-0.05, 0) is 71.4 Å². The predicted octanol–water partition coefficient (Wildman–Crippen LogP) is 4.30. The summed E-state index contributed by atoms with van der Waals surface area (Å²) < 4.78 is 1.07. The molecule has 1 aliphatic rings. The van der Waals surface area contributed by atoms with Crippen LogP contribution in [0.5, 0.6) is 0 Å². The van der Waals surface area contributed by atoms with Crippen LogP contribution in [0.15, 0.2) is 53.3 Å². The van der Waals surface area contributed by atoms with Crippen LogP contribution in [0.4, 0.5) is 0 Å². The van der Waals surface area contributed by atoms with Gasteiger partial charge in [-0.1, -0.05) is 30.3 Å². The van der Waals surface area contributed by atoms with E-state index in [0.29, 0.717) is 0 Å². The Morgan fingerprint density at radius 1 is 1.05 bits per heavy atom. The molecule has 0 N–H and O–H groups in total. The van der Waals surface area contributed by atoms with Crippen molar-refractivity contribution in [1.82, 2.24) is 9.88 Å². The molecule has 0 radical (unpaired) electrons. The summed E-state index contributed by atoms with van der Waals surface area (Å²) in [5.41, 5.74) is 2.78. The van der Waals surface area contributed by atoms with Gasteiger partial charge in [-0.3, -0.25) is 9.88 Å². The fourth-order valence-electron chi connectivity index (χ4n) is 3.10. The van der Waals surface area contributed by atoms with E-state index < -0.39 is 0 Å². The molecule has 1 fully saturated rings. The second-order valence-corrected chi connectivity index (χ2v) is 6.84. The molecule has 3 rings (SSSR count). The Kier molecular flexibility index (Phi) is 5.04. The van der Waals surface area contributed by atoms with Crippen LogP contribution in [-0.2, 0) is 13.0 Å². The van der Waals surface area contributed by atoms with Crippen molar-refractivity contribution < 1.29 is 0 Å². The van der Waals surface area contributed by atoms with Crippen molar-refractivity contribution in [1.29, 1.82) is 0 Å². The Balaban J connectivity index is 1.49. The summed E-state index contributed by atoms with van der Waals surface area (Å²) in [5, 5.41) is 0. The molecule has 2 nitrogen and oxygen atoms in total. The molecule has 0 atom stereocenters. The van der Waals surface area contributed by atoms with E-state index in [-0.39, 0.29) is 0 Å². The highest BCUT2D eigenvalue weighted by Crippen LogP contribution is 2.23. The first kappa shape index (κ1) is 14.7. The van der Waals surface area contributed by atoms with E-state index in [9.17, 15) is 0 Å². The first-order valence-electron chi connectivity index (χ1n) is 7.65. The van der Waals surface area contributed by atoms with E-state index in [1.165, 1.54) is 43.5 Å². The molecule has 1 aromatic heterocycles. The highest BCUT2D eigenvalue weighted by molar-refractivity contribution is 9.10. The number of nitrogens with zero attached hydrogens (tertiary/aromatic N) is 2. The number of rotatable bonds is 4. The van der Waals surface area contributed by atoms with E-state index in [0.717, 1.165) is 16.9 Å². The number of halogens is 1.